The zero-order valence-corrected chi connectivity index (χ0v) is 16.7. The van der Waals surface area contributed by atoms with E-state index in [0.29, 0.717) is 25.3 Å². The third-order valence-electron chi connectivity index (χ3n) is 5.18. The maximum Gasteiger partial charge on any atom is 0.223 e. The maximum absolute atomic E-state index is 13.8. The van der Waals surface area contributed by atoms with Gasteiger partial charge in [0.1, 0.15) is 18.2 Å². The Balaban J connectivity index is 1.36. The van der Waals surface area contributed by atoms with Crippen molar-refractivity contribution in [1.82, 2.24) is 10.2 Å². The molecular weight excluding hydrogens is 355 g/mol. The summed E-state index contributed by atoms with van der Waals surface area (Å²) in [6, 6.07) is 13.0. The Morgan fingerprint density at radius 1 is 1.14 bits per heavy atom. The van der Waals surface area contributed by atoms with Crippen LogP contribution in [0.2, 0.25) is 0 Å². The summed E-state index contributed by atoms with van der Waals surface area (Å²) in [7, 11) is 0. The van der Waals surface area contributed by atoms with Crippen LogP contribution in [0.3, 0.4) is 0 Å². The van der Waals surface area contributed by atoms with Gasteiger partial charge < -0.3 is 10.1 Å². The minimum Gasteiger partial charge on any atom is -0.492 e. The molecule has 1 N–H and O–H groups in total. The van der Waals surface area contributed by atoms with Crippen molar-refractivity contribution in [2.24, 2.45) is 5.92 Å². The van der Waals surface area contributed by atoms with Crippen molar-refractivity contribution in [3.63, 3.8) is 0 Å². The number of rotatable bonds is 7. The van der Waals surface area contributed by atoms with Crippen LogP contribution in [-0.2, 0) is 11.3 Å². The molecule has 1 amide bonds. The second-order valence-electron chi connectivity index (χ2n) is 7.60. The van der Waals surface area contributed by atoms with E-state index < -0.39 is 0 Å². The van der Waals surface area contributed by atoms with E-state index in [1.54, 1.807) is 6.07 Å². The van der Waals surface area contributed by atoms with Gasteiger partial charge in [-0.1, -0.05) is 24.3 Å². The summed E-state index contributed by atoms with van der Waals surface area (Å²) in [5.74, 6) is 0.798. The zero-order valence-electron chi connectivity index (χ0n) is 16.7. The standard InChI is InChI=1S/C23H29FN2O2/c1-17-13-18(2)15-21(14-17)28-12-9-25-23(27)19-7-10-26(11-8-19)16-20-5-3-4-6-22(20)24/h3-6,13-15,19H,7-12,16H2,1-2H3,(H,25,27). The average Bonchev–Trinajstić information content (AvgIpc) is 2.67. The van der Waals surface area contributed by atoms with E-state index in [-0.39, 0.29) is 17.6 Å². The van der Waals surface area contributed by atoms with Gasteiger partial charge in [0.15, 0.2) is 0 Å². The SMILES string of the molecule is Cc1cc(C)cc(OCCNC(=O)C2CCN(Cc3ccccc3F)CC2)c1. The first-order valence-electron chi connectivity index (χ1n) is 9.96. The fourth-order valence-electron chi connectivity index (χ4n) is 3.72. The van der Waals surface area contributed by atoms with Gasteiger partial charge in [-0.3, -0.25) is 9.69 Å². The predicted molar refractivity (Wildman–Crippen MR) is 109 cm³/mol. The summed E-state index contributed by atoms with van der Waals surface area (Å²) >= 11 is 0. The van der Waals surface area contributed by atoms with Crippen LogP contribution in [0.5, 0.6) is 5.75 Å². The van der Waals surface area contributed by atoms with Gasteiger partial charge in [-0.2, -0.15) is 0 Å². The molecule has 150 valence electrons. The second kappa shape index (κ2) is 9.69. The minimum atomic E-state index is -0.161. The highest BCUT2D eigenvalue weighted by atomic mass is 19.1. The van der Waals surface area contributed by atoms with Crippen molar-refractivity contribution in [1.29, 1.82) is 0 Å². The molecule has 2 aromatic carbocycles. The average molecular weight is 384 g/mol. The third-order valence-corrected chi connectivity index (χ3v) is 5.18. The van der Waals surface area contributed by atoms with E-state index in [4.69, 9.17) is 4.74 Å². The van der Waals surface area contributed by atoms with Crippen molar-refractivity contribution in [3.8, 4) is 5.75 Å². The largest absolute Gasteiger partial charge is 0.492 e. The molecule has 0 unspecified atom stereocenters. The zero-order chi connectivity index (χ0) is 19.9. The fourth-order valence-corrected chi connectivity index (χ4v) is 3.72. The van der Waals surface area contributed by atoms with Gasteiger partial charge >= 0.3 is 0 Å². The molecule has 5 heteroatoms. The van der Waals surface area contributed by atoms with Gasteiger partial charge in [0, 0.05) is 18.0 Å². The Bertz CT molecular complexity index is 781. The number of carbonyl (C=O) groups excluding carboxylic acids is 1. The number of nitrogens with zero attached hydrogens (tertiary/aromatic N) is 1. The van der Waals surface area contributed by atoms with Gasteiger partial charge in [0.2, 0.25) is 5.91 Å². The van der Waals surface area contributed by atoms with Crippen LogP contribution in [0, 0.1) is 25.6 Å². The molecule has 0 aromatic heterocycles. The summed E-state index contributed by atoms with van der Waals surface area (Å²) < 4.78 is 19.5. The Morgan fingerprint density at radius 3 is 2.50 bits per heavy atom. The van der Waals surface area contributed by atoms with Gasteiger partial charge in [-0.25, -0.2) is 4.39 Å². The molecule has 1 aliphatic rings. The number of hydrogen-bond donors (Lipinski definition) is 1. The summed E-state index contributed by atoms with van der Waals surface area (Å²) in [4.78, 5) is 14.6. The molecule has 28 heavy (non-hydrogen) atoms. The van der Waals surface area contributed by atoms with E-state index in [2.05, 4.69) is 16.3 Å². The van der Waals surface area contributed by atoms with Crippen LogP contribution in [0.4, 0.5) is 4.39 Å². The lowest BCUT2D eigenvalue weighted by molar-refractivity contribution is -0.126. The summed E-state index contributed by atoms with van der Waals surface area (Å²) in [6.45, 7) is 7.27. The van der Waals surface area contributed by atoms with E-state index in [0.717, 1.165) is 31.7 Å². The number of ether oxygens (including phenoxy) is 1. The summed E-state index contributed by atoms with van der Waals surface area (Å²) in [5.41, 5.74) is 3.05. The first-order chi connectivity index (χ1) is 13.5. The van der Waals surface area contributed by atoms with Gasteiger partial charge in [0.25, 0.3) is 0 Å². The molecule has 0 bridgehead atoms. The predicted octanol–water partition coefficient (Wildman–Crippen LogP) is 3.85. The number of amides is 1. The molecule has 4 nitrogen and oxygen atoms in total. The molecule has 0 radical (unpaired) electrons. The van der Waals surface area contributed by atoms with Gasteiger partial charge in [-0.05, 0) is 69.1 Å². The normalized spacial score (nSPS) is 15.4. The second-order valence-corrected chi connectivity index (χ2v) is 7.60. The first-order valence-corrected chi connectivity index (χ1v) is 9.96. The molecule has 2 aromatic rings. The fraction of sp³-hybridized carbons (Fsp3) is 0.435. The number of aryl methyl sites for hydroxylation is 2. The lowest BCUT2D eigenvalue weighted by Crippen LogP contribution is -2.41. The molecule has 0 atom stereocenters. The summed E-state index contributed by atoms with van der Waals surface area (Å²) in [6.07, 6.45) is 1.61. The smallest absolute Gasteiger partial charge is 0.223 e. The number of hydrogen-bond acceptors (Lipinski definition) is 3. The van der Waals surface area contributed by atoms with Crippen LogP contribution >= 0.6 is 0 Å². The first kappa shape index (κ1) is 20.3. The lowest BCUT2D eigenvalue weighted by atomic mass is 9.95. The highest BCUT2D eigenvalue weighted by molar-refractivity contribution is 5.78. The van der Waals surface area contributed by atoms with E-state index in [9.17, 15) is 9.18 Å². The molecule has 0 aliphatic carbocycles. The van der Waals surface area contributed by atoms with Crippen molar-refractivity contribution < 1.29 is 13.9 Å². The molecule has 0 spiro atoms. The molecule has 1 heterocycles. The van der Waals surface area contributed by atoms with Gasteiger partial charge in [-0.15, -0.1) is 0 Å². The van der Waals surface area contributed by atoms with Crippen molar-refractivity contribution >= 4 is 5.91 Å². The molecule has 3 rings (SSSR count). The number of piperidine rings is 1. The lowest BCUT2D eigenvalue weighted by Gasteiger charge is -2.31. The number of halogens is 1. The van der Waals surface area contributed by atoms with Crippen LogP contribution in [0.15, 0.2) is 42.5 Å². The number of likely N-dealkylation sites (tertiary alicyclic amines) is 1. The monoisotopic (exact) mass is 384 g/mol. The van der Waals surface area contributed by atoms with Crippen LogP contribution in [0.1, 0.15) is 29.5 Å². The maximum atomic E-state index is 13.8. The molecule has 0 saturated carbocycles. The van der Waals surface area contributed by atoms with Crippen LogP contribution in [-0.4, -0.2) is 37.0 Å². The van der Waals surface area contributed by atoms with Crippen LogP contribution in [0.25, 0.3) is 0 Å². The number of benzene rings is 2. The Kier molecular flexibility index (Phi) is 7.04. The minimum absolute atomic E-state index is 0.0260. The van der Waals surface area contributed by atoms with E-state index in [1.165, 1.54) is 17.2 Å². The molecular formula is C23H29FN2O2. The topological polar surface area (TPSA) is 41.6 Å². The van der Waals surface area contributed by atoms with Gasteiger partial charge in [0.05, 0.1) is 6.54 Å². The molecule has 1 saturated heterocycles. The Hall–Kier alpha value is -2.40. The number of nitrogens with one attached hydrogen (secondary N) is 1. The highest BCUT2D eigenvalue weighted by Crippen LogP contribution is 2.20. The summed E-state index contributed by atoms with van der Waals surface area (Å²) in [5, 5.41) is 2.98. The molecule has 1 aliphatic heterocycles. The van der Waals surface area contributed by atoms with Crippen molar-refractivity contribution in [2.75, 3.05) is 26.2 Å². The number of carbonyl (C=O) groups is 1. The molecule has 1 fully saturated rings. The van der Waals surface area contributed by atoms with E-state index in [1.807, 2.05) is 38.1 Å². The third kappa shape index (κ3) is 5.80. The Labute approximate surface area is 166 Å². The quantitative estimate of drug-likeness (QED) is 0.738. The van der Waals surface area contributed by atoms with E-state index >= 15 is 0 Å². The van der Waals surface area contributed by atoms with Crippen molar-refractivity contribution in [3.05, 3.63) is 65.0 Å². The highest BCUT2D eigenvalue weighted by Gasteiger charge is 2.25. The van der Waals surface area contributed by atoms with Crippen molar-refractivity contribution in [2.45, 2.75) is 33.2 Å². The van der Waals surface area contributed by atoms with Crippen LogP contribution < -0.4 is 10.1 Å². The Morgan fingerprint density at radius 2 is 1.82 bits per heavy atom.